The van der Waals surface area contributed by atoms with E-state index < -0.39 is 42.4 Å². The maximum atomic E-state index is 12.2. The molecule has 0 saturated carbocycles. The number of nitrogens with one attached hydrogen (secondary N) is 2. The van der Waals surface area contributed by atoms with Gasteiger partial charge in [-0.2, -0.15) is 0 Å². The molecule has 2 rings (SSSR count). The lowest BCUT2D eigenvalue weighted by molar-refractivity contribution is -0.0626. The van der Waals surface area contributed by atoms with Gasteiger partial charge in [0.1, 0.15) is 18.3 Å². The van der Waals surface area contributed by atoms with Crippen molar-refractivity contribution in [2.24, 2.45) is 0 Å². The summed E-state index contributed by atoms with van der Waals surface area (Å²) in [6.07, 6.45) is -0.371. The Morgan fingerprint density at radius 3 is 2.80 bits per heavy atom. The van der Waals surface area contributed by atoms with E-state index in [1.54, 1.807) is 0 Å². The zero-order valence-corrected chi connectivity index (χ0v) is 14.6. The molecule has 1 aromatic heterocycles. The zero-order valence-electron chi connectivity index (χ0n) is 14.6. The number of aliphatic hydroxyl groups excluding tert-OH is 2. The van der Waals surface area contributed by atoms with Gasteiger partial charge in [0.15, 0.2) is 6.23 Å². The summed E-state index contributed by atoms with van der Waals surface area (Å²) >= 11 is 0. The van der Waals surface area contributed by atoms with Gasteiger partial charge in [0.25, 0.3) is 5.56 Å². The fourth-order valence-corrected chi connectivity index (χ4v) is 2.67. The second kappa shape index (κ2) is 8.54. The molecule has 0 amide bonds. The third-order valence-corrected chi connectivity index (χ3v) is 4.05. The Labute approximate surface area is 144 Å². The van der Waals surface area contributed by atoms with Crippen molar-refractivity contribution in [3.8, 4) is 0 Å². The smallest absolute Gasteiger partial charge is 0.330 e. The molecule has 4 atom stereocenters. The molecule has 0 bridgehead atoms. The van der Waals surface area contributed by atoms with Crippen LogP contribution in [0, 0.1) is 0 Å². The Bertz CT molecular complexity index is 721. The molecular weight excluding hydrogens is 330 g/mol. The Hall–Kier alpha value is -1.78. The molecule has 0 aromatic carbocycles. The Balaban J connectivity index is 2.26. The quantitative estimate of drug-likeness (QED) is 0.360. The van der Waals surface area contributed by atoms with Crippen molar-refractivity contribution in [2.45, 2.75) is 44.9 Å². The first-order chi connectivity index (χ1) is 11.9. The van der Waals surface area contributed by atoms with Gasteiger partial charge < -0.3 is 25.0 Å². The number of aliphatic hydroxyl groups is 2. The zero-order chi connectivity index (χ0) is 18.6. The van der Waals surface area contributed by atoms with Crippen molar-refractivity contribution < 1.29 is 19.7 Å². The fourth-order valence-electron chi connectivity index (χ4n) is 2.67. The second-order valence-corrected chi connectivity index (χ2v) is 6.17. The normalized spacial score (nSPS) is 26.0. The first-order valence-corrected chi connectivity index (χ1v) is 8.04. The number of aromatic amines is 1. The van der Waals surface area contributed by atoms with Crippen molar-refractivity contribution in [1.29, 1.82) is 0 Å². The number of aromatic nitrogens is 2. The van der Waals surface area contributed by atoms with E-state index in [1.165, 1.54) is 17.9 Å². The lowest BCUT2D eigenvalue weighted by Gasteiger charge is -2.20. The van der Waals surface area contributed by atoms with E-state index in [1.807, 2.05) is 19.9 Å². The minimum atomic E-state index is -1.09. The van der Waals surface area contributed by atoms with Gasteiger partial charge in [-0.3, -0.25) is 14.3 Å². The molecule has 1 aliphatic heterocycles. The highest BCUT2D eigenvalue weighted by Crippen LogP contribution is 2.30. The van der Waals surface area contributed by atoms with Crippen LogP contribution in [0.2, 0.25) is 0 Å². The maximum Gasteiger partial charge on any atom is 0.330 e. The molecule has 2 heterocycles. The Morgan fingerprint density at radius 2 is 2.20 bits per heavy atom. The predicted octanol–water partition coefficient (Wildman–Crippen LogP) is -1.14. The number of hydrogen-bond acceptors (Lipinski definition) is 7. The van der Waals surface area contributed by atoms with Gasteiger partial charge in [0.2, 0.25) is 0 Å². The molecule has 1 fully saturated rings. The van der Waals surface area contributed by atoms with Crippen molar-refractivity contribution >= 4 is 0 Å². The van der Waals surface area contributed by atoms with E-state index in [9.17, 15) is 19.8 Å². The van der Waals surface area contributed by atoms with E-state index >= 15 is 0 Å². The maximum absolute atomic E-state index is 12.2. The van der Waals surface area contributed by atoms with Gasteiger partial charge in [-0.1, -0.05) is 11.6 Å². The molecule has 1 aliphatic rings. The number of ether oxygens (including phenoxy) is 2. The molecule has 0 radical (unpaired) electrons. The summed E-state index contributed by atoms with van der Waals surface area (Å²) in [5.41, 5.74) is 0.341. The van der Waals surface area contributed by atoms with Crippen LogP contribution < -0.4 is 16.6 Å². The monoisotopic (exact) mass is 355 g/mol. The summed E-state index contributed by atoms with van der Waals surface area (Å²) in [5, 5.41) is 22.5. The molecule has 140 valence electrons. The molecule has 4 unspecified atom stereocenters. The number of hydrogen-bond donors (Lipinski definition) is 4. The Morgan fingerprint density at radius 1 is 1.48 bits per heavy atom. The third-order valence-electron chi connectivity index (χ3n) is 4.05. The van der Waals surface area contributed by atoms with E-state index in [4.69, 9.17) is 9.47 Å². The number of allylic oxidation sites excluding steroid dienone is 1. The van der Waals surface area contributed by atoms with E-state index in [-0.39, 0.29) is 6.54 Å². The number of rotatable bonds is 7. The number of methoxy groups -OCH3 is 1. The highest BCUT2D eigenvalue weighted by Gasteiger charge is 2.45. The molecule has 0 aliphatic carbocycles. The fraction of sp³-hybridized carbons (Fsp3) is 0.625. The molecule has 1 saturated heterocycles. The van der Waals surface area contributed by atoms with Gasteiger partial charge in [-0.25, -0.2) is 4.79 Å². The molecule has 4 N–H and O–H groups in total. The van der Waals surface area contributed by atoms with Gasteiger partial charge >= 0.3 is 5.69 Å². The predicted molar refractivity (Wildman–Crippen MR) is 90.3 cm³/mol. The van der Waals surface area contributed by atoms with Crippen LogP contribution in [0.25, 0.3) is 0 Å². The highest BCUT2D eigenvalue weighted by atomic mass is 16.6. The van der Waals surface area contributed by atoms with Gasteiger partial charge in [-0.05, 0) is 13.8 Å². The van der Waals surface area contributed by atoms with Crippen molar-refractivity contribution in [2.75, 3.05) is 20.3 Å². The molecule has 1 aromatic rings. The van der Waals surface area contributed by atoms with Gasteiger partial charge in [0.05, 0.1) is 6.61 Å². The van der Waals surface area contributed by atoms with Gasteiger partial charge in [-0.15, -0.1) is 0 Å². The minimum absolute atomic E-state index is 0.260. The topological polar surface area (TPSA) is 126 Å². The summed E-state index contributed by atoms with van der Waals surface area (Å²) in [6.45, 7) is 4.38. The van der Waals surface area contributed by atoms with E-state index in [2.05, 4.69) is 10.3 Å². The van der Waals surface area contributed by atoms with Crippen LogP contribution in [0.5, 0.6) is 0 Å². The number of nitrogens with zero attached hydrogens (tertiary/aromatic N) is 1. The highest BCUT2D eigenvalue weighted by molar-refractivity contribution is 5.06. The molecular formula is C16H25N3O6. The van der Waals surface area contributed by atoms with Gasteiger partial charge in [0, 0.05) is 32.0 Å². The Kier molecular flexibility index (Phi) is 6.68. The third kappa shape index (κ3) is 4.44. The number of H-pyrrole nitrogens is 1. The van der Waals surface area contributed by atoms with Crippen molar-refractivity contribution in [3.63, 3.8) is 0 Å². The van der Waals surface area contributed by atoms with Crippen LogP contribution in [-0.2, 0) is 16.0 Å². The summed E-state index contributed by atoms with van der Waals surface area (Å²) in [5.74, 6) is 0. The van der Waals surface area contributed by atoms with E-state index in [0.29, 0.717) is 12.1 Å². The largest absolute Gasteiger partial charge is 0.394 e. The summed E-state index contributed by atoms with van der Waals surface area (Å²) in [7, 11) is 1.38. The van der Waals surface area contributed by atoms with Crippen LogP contribution in [0.1, 0.15) is 25.6 Å². The summed E-state index contributed by atoms with van der Waals surface area (Å²) in [6, 6.07) is 0. The van der Waals surface area contributed by atoms with Crippen LogP contribution in [-0.4, -0.2) is 58.3 Å². The lowest BCUT2D eigenvalue weighted by Crippen LogP contribution is -2.40. The molecule has 9 heteroatoms. The van der Waals surface area contributed by atoms with Crippen LogP contribution in [0.15, 0.2) is 27.4 Å². The van der Waals surface area contributed by atoms with Crippen molar-refractivity contribution in [1.82, 2.24) is 14.9 Å². The van der Waals surface area contributed by atoms with E-state index in [0.717, 1.165) is 5.57 Å². The average Bonchev–Trinajstić information content (AvgIpc) is 2.88. The molecule has 0 spiro atoms. The SMILES string of the molecule is COC1C(O)C(CO)OC1n1cc(CNCC=C(C)C)c(=O)[nH]c1=O. The first kappa shape index (κ1) is 19.5. The van der Waals surface area contributed by atoms with Crippen molar-refractivity contribution in [3.05, 3.63) is 44.2 Å². The molecule has 25 heavy (non-hydrogen) atoms. The average molecular weight is 355 g/mol. The van der Waals surface area contributed by atoms with Crippen LogP contribution >= 0.6 is 0 Å². The van der Waals surface area contributed by atoms with Crippen LogP contribution in [0.3, 0.4) is 0 Å². The minimum Gasteiger partial charge on any atom is -0.394 e. The standard InChI is InChI=1S/C16H25N3O6/c1-9(2)4-5-17-6-10-7-19(16(23)18-14(10)22)15-13(24-3)12(21)11(8-20)25-15/h4,7,11-13,15,17,20-21H,5-6,8H2,1-3H3,(H,18,22,23). The second-order valence-electron chi connectivity index (χ2n) is 6.17. The summed E-state index contributed by atoms with van der Waals surface area (Å²) < 4.78 is 11.9. The summed E-state index contributed by atoms with van der Waals surface area (Å²) in [4.78, 5) is 26.4. The first-order valence-electron chi connectivity index (χ1n) is 8.04. The lowest BCUT2D eigenvalue weighted by atomic mass is 10.1. The van der Waals surface area contributed by atoms with Crippen LogP contribution in [0.4, 0.5) is 0 Å². The molecule has 9 nitrogen and oxygen atoms in total.